The predicted octanol–water partition coefficient (Wildman–Crippen LogP) is 2.47. The summed E-state index contributed by atoms with van der Waals surface area (Å²) < 4.78 is 10.4. The number of carbonyl (C=O) groups excluding carboxylic acids is 1. The number of ether oxygens (including phenoxy) is 2. The topological polar surface area (TPSA) is 38.8 Å². The molecule has 104 valence electrons. The molecular formula is C15H21NO3. The van der Waals surface area contributed by atoms with Crippen LogP contribution in [0, 0.1) is 5.92 Å². The molecule has 0 aliphatic carbocycles. The Hall–Kier alpha value is -1.71. The zero-order chi connectivity index (χ0) is 13.7. The molecule has 1 aliphatic heterocycles. The molecule has 0 amide bonds. The minimum Gasteiger partial charge on any atom is -0.497 e. The lowest BCUT2D eigenvalue weighted by Gasteiger charge is -2.33. The quantitative estimate of drug-likeness (QED) is 0.782. The maximum atomic E-state index is 11.8. The highest BCUT2D eigenvalue weighted by Crippen LogP contribution is 2.26. The fourth-order valence-electron chi connectivity index (χ4n) is 2.47. The molecular weight excluding hydrogens is 242 g/mol. The van der Waals surface area contributed by atoms with Gasteiger partial charge in [0.05, 0.1) is 19.6 Å². The van der Waals surface area contributed by atoms with Gasteiger partial charge < -0.3 is 14.4 Å². The van der Waals surface area contributed by atoms with Crippen LogP contribution in [0.25, 0.3) is 0 Å². The summed E-state index contributed by atoms with van der Waals surface area (Å²) in [5, 5.41) is 0. The van der Waals surface area contributed by atoms with Crippen LogP contribution in [0.5, 0.6) is 5.75 Å². The molecule has 0 aromatic heterocycles. The highest BCUT2D eigenvalue weighted by atomic mass is 16.5. The number of anilines is 1. The first-order valence-electron chi connectivity index (χ1n) is 6.80. The third-order valence-corrected chi connectivity index (χ3v) is 3.46. The Kier molecular flexibility index (Phi) is 4.66. The summed E-state index contributed by atoms with van der Waals surface area (Å²) in [6.07, 6.45) is 1.93. The van der Waals surface area contributed by atoms with Gasteiger partial charge in [0.15, 0.2) is 0 Å². The Morgan fingerprint density at radius 1 is 1.47 bits per heavy atom. The maximum Gasteiger partial charge on any atom is 0.310 e. The summed E-state index contributed by atoms with van der Waals surface area (Å²) in [4.78, 5) is 14.1. The Bertz CT molecular complexity index is 433. The Labute approximate surface area is 114 Å². The zero-order valence-electron chi connectivity index (χ0n) is 11.6. The van der Waals surface area contributed by atoms with E-state index in [0.717, 1.165) is 37.4 Å². The monoisotopic (exact) mass is 263 g/mol. The lowest BCUT2D eigenvalue weighted by atomic mass is 9.97. The molecule has 19 heavy (non-hydrogen) atoms. The number of rotatable bonds is 4. The molecule has 1 fully saturated rings. The Morgan fingerprint density at radius 3 is 3.05 bits per heavy atom. The standard InChI is InChI=1S/C15H21NO3/c1-3-19-15(17)12-6-5-9-16(11-12)13-7-4-8-14(10-13)18-2/h4,7-8,10,12H,3,5-6,9,11H2,1-2H3. The summed E-state index contributed by atoms with van der Waals surface area (Å²) in [6, 6.07) is 7.96. The van der Waals surface area contributed by atoms with E-state index in [1.165, 1.54) is 0 Å². The third kappa shape index (κ3) is 3.40. The second kappa shape index (κ2) is 6.45. The van der Waals surface area contributed by atoms with E-state index in [4.69, 9.17) is 9.47 Å². The van der Waals surface area contributed by atoms with Crippen molar-refractivity contribution < 1.29 is 14.3 Å². The van der Waals surface area contributed by atoms with Crippen LogP contribution < -0.4 is 9.64 Å². The van der Waals surface area contributed by atoms with Gasteiger partial charge in [0.1, 0.15) is 5.75 Å². The van der Waals surface area contributed by atoms with Crippen LogP contribution in [0.2, 0.25) is 0 Å². The summed E-state index contributed by atoms with van der Waals surface area (Å²) in [5.74, 6) is 0.755. The second-order valence-corrected chi connectivity index (χ2v) is 4.74. The molecule has 0 spiro atoms. The molecule has 4 heteroatoms. The first kappa shape index (κ1) is 13.7. The summed E-state index contributed by atoms with van der Waals surface area (Å²) in [7, 11) is 1.66. The number of nitrogens with zero attached hydrogens (tertiary/aromatic N) is 1. The molecule has 1 atom stereocenters. The molecule has 0 N–H and O–H groups in total. The van der Waals surface area contributed by atoms with E-state index in [1.807, 2.05) is 25.1 Å². The lowest BCUT2D eigenvalue weighted by Crippen LogP contribution is -2.39. The van der Waals surface area contributed by atoms with Crippen molar-refractivity contribution in [2.75, 3.05) is 31.7 Å². The van der Waals surface area contributed by atoms with Crippen LogP contribution in [0.1, 0.15) is 19.8 Å². The van der Waals surface area contributed by atoms with Crippen molar-refractivity contribution in [2.45, 2.75) is 19.8 Å². The van der Waals surface area contributed by atoms with E-state index in [2.05, 4.69) is 11.0 Å². The van der Waals surface area contributed by atoms with Gasteiger partial charge in [-0.05, 0) is 31.9 Å². The molecule has 2 rings (SSSR count). The molecule has 1 unspecified atom stereocenters. The molecule has 1 aromatic carbocycles. The molecule has 1 aromatic rings. The van der Waals surface area contributed by atoms with Gasteiger partial charge in [-0.1, -0.05) is 6.07 Å². The maximum absolute atomic E-state index is 11.8. The van der Waals surface area contributed by atoms with E-state index < -0.39 is 0 Å². The number of methoxy groups -OCH3 is 1. The van der Waals surface area contributed by atoms with Crippen molar-refractivity contribution in [3.63, 3.8) is 0 Å². The van der Waals surface area contributed by atoms with Crippen LogP contribution in [-0.2, 0) is 9.53 Å². The molecule has 1 aliphatic rings. The Balaban J connectivity index is 2.05. The summed E-state index contributed by atoms with van der Waals surface area (Å²) >= 11 is 0. The molecule has 1 saturated heterocycles. The van der Waals surface area contributed by atoms with Gasteiger partial charge in [0.25, 0.3) is 0 Å². The first-order chi connectivity index (χ1) is 9.24. The van der Waals surface area contributed by atoms with Crippen LogP contribution in [0.4, 0.5) is 5.69 Å². The highest BCUT2D eigenvalue weighted by Gasteiger charge is 2.27. The fourth-order valence-corrected chi connectivity index (χ4v) is 2.47. The van der Waals surface area contributed by atoms with Gasteiger partial charge in [0.2, 0.25) is 0 Å². The zero-order valence-corrected chi connectivity index (χ0v) is 11.6. The Morgan fingerprint density at radius 2 is 2.32 bits per heavy atom. The fraction of sp³-hybridized carbons (Fsp3) is 0.533. The van der Waals surface area contributed by atoms with Crippen molar-refractivity contribution >= 4 is 11.7 Å². The van der Waals surface area contributed by atoms with Crippen LogP contribution in [0.15, 0.2) is 24.3 Å². The number of carbonyl (C=O) groups is 1. The average molecular weight is 263 g/mol. The lowest BCUT2D eigenvalue weighted by molar-refractivity contribution is -0.148. The van der Waals surface area contributed by atoms with E-state index in [0.29, 0.717) is 6.61 Å². The number of piperidine rings is 1. The summed E-state index contributed by atoms with van der Waals surface area (Å²) in [5.41, 5.74) is 1.10. The van der Waals surface area contributed by atoms with E-state index in [1.54, 1.807) is 7.11 Å². The van der Waals surface area contributed by atoms with Crippen LogP contribution >= 0.6 is 0 Å². The minimum atomic E-state index is -0.0740. The minimum absolute atomic E-state index is 0.0140. The summed E-state index contributed by atoms with van der Waals surface area (Å²) in [6.45, 7) is 4.00. The number of benzene rings is 1. The molecule has 0 saturated carbocycles. The van der Waals surface area contributed by atoms with Gasteiger partial charge in [-0.3, -0.25) is 4.79 Å². The van der Waals surface area contributed by atoms with Crippen molar-refractivity contribution in [1.29, 1.82) is 0 Å². The van der Waals surface area contributed by atoms with Gasteiger partial charge in [-0.25, -0.2) is 0 Å². The highest BCUT2D eigenvalue weighted by molar-refractivity contribution is 5.73. The normalized spacial score (nSPS) is 19.1. The van der Waals surface area contributed by atoms with E-state index >= 15 is 0 Å². The molecule has 1 heterocycles. The second-order valence-electron chi connectivity index (χ2n) is 4.74. The number of hydrogen-bond acceptors (Lipinski definition) is 4. The van der Waals surface area contributed by atoms with Crippen molar-refractivity contribution in [3.05, 3.63) is 24.3 Å². The smallest absolute Gasteiger partial charge is 0.310 e. The molecule has 0 bridgehead atoms. The predicted molar refractivity (Wildman–Crippen MR) is 74.6 cm³/mol. The van der Waals surface area contributed by atoms with Gasteiger partial charge >= 0.3 is 5.97 Å². The van der Waals surface area contributed by atoms with Gasteiger partial charge in [-0.2, -0.15) is 0 Å². The van der Waals surface area contributed by atoms with Crippen LogP contribution in [-0.4, -0.2) is 32.8 Å². The molecule has 4 nitrogen and oxygen atoms in total. The SMILES string of the molecule is CCOC(=O)C1CCCN(c2cccc(OC)c2)C1. The first-order valence-corrected chi connectivity index (χ1v) is 6.80. The van der Waals surface area contributed by atoms with E-state index in [9.17, 15) is 4.79 Å². The molecule has 0 radical (unpaired) electrons. The number of esters is 1. The third-order valence-electron chi connectivity index (χ3n) is 3.46. The van der Waals surface area contributed by atoms with Gasteiger partial charge in [-0.15, -0.1) is 0 Å². The number of hydrogen-bond donors (Lipinski definition) is 0. The van der Waals surface area contributed by atoms with E-state index in [-0.39, 0.29) is 11.9 Å². The van der Waals surface area contributed by atoms with Crippen molar-refractivity contribution in [2.24, 2.45) is 5.92 Å². The average Bonchev–Trinajstić information content (AvgIpc) is 2.48. The largest absolute Gasteiger partial charge is 0.497 e. The van der Waals surface area contributed by atoms with Crippen molar-refractivity contribution in [3.8, 4) is 5.75 Å². The van der Waals surface area contributed by atoms with Gasteiger partial charge in [0, 0.05) is 24.8 Å². The van der Waals surface area contributed by atoms with Crippen molar-refractivity contribution in [1.82, 2.24) is 0 Å². The van der Waals surface area contributed by atoms with Crippen LogP contribution in [0.3, 0.4) is 0 Å².